The zero-order chi connectivity index (χ0) is 12.1. The van der Waals surface area contributed by atoms with Gasteiger partial charge in [-0.15, -0.1) is 0 Å². The van der Waals surface area contributed by atoms with E-state index in [9.17, 15) is 9.59 Å². The third kappa shape index (κ3) is 6.90. The predicted octanol–water partition coefficient (Wildman–Crippen LogP) is -0.245. The Morgan fingerprint density at radius 2 is 1.87 bits per heavy atom. The second-order valence-corrected chi connectivity index (χ2v) is 4.53. The SMILES string of the molecule is CC[C@H](N)C(=O)NCC(=O)NC(C)(C)C. The van der Waals surface area contributed by atoms with Crippen molar-refractivity contribution in [2.45, 2.75) is 45.7 Å². The lowest BCUT2D eigenvalue weighted by Crippen LogP contribution is -2.48. The molecule has 0 saturated heterocycles. The van der Waals surface area contributed by atoms with Crippen LogP contribution < -0.4 is 16.4 Å². The van der Waals surface area contributed by atoms with E-state index in [4.69, 9.17) is 5.73 Å². The molecule has 0 aromatic heterocycles. The summed E-state index contributed by atoms with van der Waals surface area (Å²) in [5.41, 5.74) is 5.20. The summed E-state index contributed by atoms with van der Waals surface area (Å²) in [6.07, 6.45) is 0.562. The van der Waals surface area contributed by atoms with Crippen molar-refractivity contribution >= 4 is 11.8 Å². The molecule has 0 heterocycles. The van der Waals surface area contributed by atoms with Gasteiger partial charge in [0.2, 0.25) is 11.8 Å². The average Bonchev–Trinajstić information content (AvgIpc) is 2.10. The summed E-state index contributed by atoms with van der Waals surface area (Å²) in [4.78, 5) is 22.5. The first-order valence-corrected chi connectivity index (χ1v) is 5.10. The molecule has 5 heteroatoms. The Labute approximate surface area is 90.8 Å². The Balaban J connectivity index is 3.87. The first-order chi connectivity index (χ1) is 6.76. The van der Waals surface area contributed by atoms with Crippen LogP contribution in [0.4, 0.5) is 0 Å². The molecule has 0 unspecified atom stereocenters. The van der Waals surface area contributed by atoms with Gasteiger partial charge in [0, 0.05) is 5.54 Å². The minimum Gasteiger partial charge on any atom is -0.350 e. The highest BCUT2D eigenvalue weighted by Gasteiger charge is 2.15. The van der Waals surface area contributed by atoms with Crippen molar-refractivity contribution < 1.29 is 9.59 Å². The molecule has 5 nitrogen and oxygen atoms in total. The molecule has 0 aromatic carbocycles. The van der Waals surface area contributed by atoms with Crippen molar-refractivity contribution in [1.82, 2.24) is 10.6 Å². The molecule has 0 aliphatic carbocycles. The monoisotopic (exact) mass is 215 g/mol. The lowest BCUT2D eigenvalue weighted by molar-refractivity contribution is -0.127. The highest BCUT2D eigenvalue weighted by molar-refractivity contribution is 5.87. The van der Waals surface area contributed by atoms with E-state index in [1.54, 1.807) is 0 Å². The molecule has 0 bridgehead atoms. The molecule has 0 radical (unpaired) electrons. The van der Waals surface area contributed by atoms with E-state index in [2.05, 4.69) is 10.6 Å². The number of rotatable bonds is 4. The Morgan fingerprint density at radius 1 is 1.33 bits per heavy atom. The fraction of sp³-hybridized carbons (Fsp3) is 0.800. The largest absolute Gasteiger partial charge is 0.350 e. The van der Waals surface area contributed by atoms with Crippen molar-refractivity contribution in [3.05, 3.63) is 0 Å². The van der Waals surface area contributed by atoms with Crippen LogP contribution in [0.3, 0.4) is 0 Å². The zero-order valence-corrected chi connectivity index (χ0v) is 9.89. The number of nitrogens with two attached hydrogens (primary N) is 1. The van der Waals surface area contributed by atoms with E-state index in [-0.39, 0.29) is 23.9 Å². The van der Waals surface area contributed by atoms with Crippen LogP contribution in [0.5, 0.6) is 0 Å². The van der Waals surface area contributed by atoms with Crippen LogP contribution in [0.2, 0.25) is 0 Å². The second kappa shape index (κ2) is 5.70. The van der Waals surface area contributed by atoms with E-state index < -0.39 is 6.04 Å². The molecular weight excluding hydrogens is 194 g/mol. The number of carbonyl (C=O) groups excluding carboxylic acids is 2. The van der Waals surface area contributed by atoms with Crippen molar-refractivity contribution in [3.63, 3.8) is 0 Å². The zero-order valence-electron chi connectivity index (χ0n) is 9.89. The molecule has 0 spiro atoms. The molecular formula is C10H21N3O2. The van der Waals surface area contributed by atoms with Gasteiger partial charge in [-0.3, -0.25) is 9.59 Å². The molecule has 0 rings (SSSR count). The van der Waals surface area contributed by atoms with Gasteiger partial charge in [0.15, 0.2) is 0 Å². The Morgan fingerprint density at radius 3 is 2.27 bits per heavy atom. The number of hydrogen-bond acceptors (Lipinski definition) is 3. The standard InChI is InChI=1S/C10H21N3O2/c1-5-7(11)9(15)12-6-8(14)13-10(2,3)4/h7H,5-6,11H2,1-4H3,(H,12,15)(H,13,14)/t7-/m0/s1. The third-order valence-corrected chi connectivity index (χ3v) is 1.71. The molecule has 0 aliphatic rings. The van der Waals surface area contributed by atoms with Crippen molar-refractivity contribution in [3.8, 4) is 0 Å². The van der Waals surface area contributed by atoms with Gasteiger partial charge in [0.25, 0.3) is 0 Å². The van der Waals surface area contributed by atoms with Gasteiger partial charge in [-0.25, -0.2) is 0 Å². The van der Waals surface area contributed by atoms with Crippen LogP contribution in [-0.2, 0) is 9.59 Å². The average molecular weight is 215 g/mol. The maximum atomic E-state index is 11.3. The Hall–Kier alpha value is -1.10. The molecule has 2 amide bonds. The quantitative estimate of drug-likeness (QED) is 0.605. The summed E-state index contributed by atoms with van der Waals surface area (Å²) in [5.74, 6) is -0.499. The van der Waals surface area contributed by atoms with E-state index in [1.807, 2.05) is 27.7 Å². The Bertz CT molecular complexity index is 233. The summed E-state index contributed by atoms with van der Waals surface area (Å²) in [7, 11) is 0. The van der Waals surface area contributed by atoms with Gasteiger partial charge in [-0.2, -0.15) is 0 Å². The number of nitrogens with one attached hydrogen (secondary N) is 2. The minimum atomic E-state index is -0.535. The summed E-state index contributed by atoms with van der Waals surface area (Å²) >= 11 is 0. The molecule has 15 heavy (non-hydrogen) atoms. The molecule has 4 N–H and O–H groups in total. The molecule has 88 valence electrons. The highest BCUT2D eigenvalue weighted by Crippen LogP contribution is 1.97. The maximum Gasteiger partial charge on any atom is 0.239 e. The van der Waals surface area contributed by atoms with Crippen molar-refractivity contribution in [2.24, 2.45) is 5.73 Å². The second-order valence-electron chi connectivity index (χ2n) is 4.53. The van der Waals surface area contributed by atoms with Gasteiger partial charge in [-0.1, -0.05) is 6.92 Å². The van der Waals surface area contributed by atoms with E-state index in [0.29, 0.717) is 6.42 Å². The van der Waals surface area contributed by atoms with Crippen LogP contribution >= 0.6 is 0 Å². The molecule has 0 aliphatic heterocycles. The number of amides is 2. The van der Waals surface area contributed by atoms with E-state index >= 15 is 0 Å². The van der Waals surface area contributed by atoms with Crippen molar-refractivity contribution in [2.75, 3.05) is 6.54 Å². The van der Waals surface area contributed by atoms with Gasteiger partial charge < -0.3 is 16.4 Å². The molecule has 0 saturated carbocycles. The lowest BCUT2D eigenvalue weighted by Gasteiger charge is -2.20. The van der Waals surface area contributed by atoms with Crippen molar-refractivity contribution in [1.29, 1.82) is 0 Å². The summed E-state index contributed by atoms with van der Waals surface area (Å²) < 4.78 is 0. The van der Waals surface area contributed by atoms with Crippen LogP contribution in [0.25, 0.3) is 0 Å². The third-order valence-electron chi connectivity index (χ3n) is 1.71. The number of carbonyl (C=O) groups is 2. The van der Waals surface area contributed by atoms with Crippen LogP contribution in [0.15, 0.2) is 0 Å². The summed E-state index contributed by atoms with van der Waals surface area (Å²) in [5, 5.41) is 5.22. The van der Waals surface area contributed by atoms with Gasteiger partial charge >= 0.3 is 0 Å². The first-order valence-electron chi connectivity index (χ1n) is 5.10. The van der Waals surface area contributed by atoms with Gasteiger partial charge in [-0.05, 0) is 27.2 Å². The minimum absolute atomic E-state index is 0.0240. The first kappa shape index (κ1) is 13.9. The fourth-order valence-electron chi connectivity index (χ4n) is 0.946. The van der Waals surface area contributed by atoms with Crippen LogP contribution in [-0.4, -0.2) is 29.9 Å². The van der Waals surface area contributed by atoms with Crippen LogP contribution in [0, 0.1) is 0 Å². The fourth-order valence-corrected chi connectivity index (χ4v) is 0.946. The van der Waals surface area contributed by atoms with Gasteiger partial charge in [0.05, 0.1) is 12.6 Å². The number of hydrogen-bond donors (Lipinski definition) is 3. The smallest absolute Gasteiger partial charge is 0.239 e. The molecule has 1 atom stereocenters. The van der Waals surface area contributed by atoms with Gasteiger partial charge in [0.1, 0.15) is 0 Å². The predicted molar refractivity (Wildman–Crippen MR) is 59.2 cm³/mol. The van der Waals surface area contributed by atoms with E-state index in [1.165, 1.54) is 0 Å². The maximum absolute atomic E-state index is 11.3. The van der Waals surface area contributed by atoms with Crippen LogP contribution in [0.1, 0.15) is 34.1 Å². The Kier molecular flexibility index (Phi) is 5.28. The molecule has 0 fully saturated rings. The van der Waals surface area contributed by atoms with E-state index in [0.717, 1.165) is 0 Å². The highest BCUT2D eigenvalue weighted by atomic mass is 16.2. The summed E-state index contributed by atoms with van der Waals surface area (Å²) in [6.45, 7) is 7.43. The topological polar surface area (TPSA) is 84.2 Å². The summed E-state index contributed by atoms with van der Waals surface area (Å²) in [6, 6.07) is -0.535. The molecule has 0 aromatic rings. The normalized spacial score (nSPS) is 13.1. The lowest BCUT2D eigenvalue weighted by atomic mass is 10.1.